The number of nitrogens with zero attached hydrogens (tertiary/aromatic N) is 3. The lowest BCUT2D eigenvalue weighted by Crippen LogP contribution is -2.33. The van der Waals surface area contributed by atoms with Crippen LogP contribution in [0.3, 0.4) is 0 Å². The highest BCUT2D eigenvalue weighted by atomic mass is 79.9. The predicted molar refractivity (Wildman–Crippen MR) is 107 cm³/mol. The van der Waals surface area contributed by atoms with E-state index in [1.54, 1.807) is 29.4 Å². The van der Waals surface area contributed by atoms with Crippen molar-refractivity contribution in [3.05, 3.63) is 70.6 Å². The minimum atomic E-state index is -0.172. The monoisotopic (exact) mass is 424 g/mol. The molecule has 0 unspecified atom stereocenters. The first-order chi connectivity index (χ1) is 13.1. The van der Waals surface area contributed by atoms with E-state index in [-0.39, 0.29) is 6.03 Å². The van der Waals surface area contributed by atoms with Crippen LogP contribution in [0.2, 0.25) is 0 Å². The lowest BCUT2D eigenvalue weighted by atomic mass is 10.2. The fourth-order valence-electron chi connectivity index (χ4n) is 2.98. The van der Waals surface area contributed by atoms with Crippen molar-refractivity contribution in [3.8, 4) is 11.6 Å². The molecule has 2 amide bonds. The zero-order valence-corrected chi connectivity index (χ0v) is 16.2. The summed E-state index contributed by atoms with van der Waals surface area (Å²) in [5.74, 6) is 1.10. The summed E-state index contributed by atoms with van der Waals surface area (Å²) in [5.41, 5.74) is 3.50. The second-order valence-electron chi connectivity index (χ2n) is 6.18. The van der Waals surface area contributed by atoms with E-state index in [2.05, 4.69) is 37.3 Å². The highest BCUT2D eigenvalue weighted by Gasteiger charge is 2.24. The van der Waals surface area contributed by atoms with Crippen LogP contribution in [-0.2, 0) is 6.42 Å². The van der Waals surface area contributed by atoms with E-state index in [4.69, 9.17) is 4.74 Å². The number of urea groups is 1. The molecule has 0 fully saturated rings. The van der Waals surface area contributed by atoms with Gasteiger partial charge in [0.25, 0.3) is 0 Å². The van der Waals surface area contributed by atoms with Crippen molar-refractivity contribution < 1.29 is 9.53 Å². The summed E-state index contributed by atoms with van der Waals surface area (Å²) >= 11 is 3.47. The summed E-state index contributed by atoms with van der Waals surface area (Å²) in [5, 5.41) is 2.89. The second kappa shape index (κ2) is 7.36. The molecule has 2 aromatic heterocycles. The van der Waals surface area contributed by atoms with Crippen LogP contribution in [0, 0.1) is 6.92 Å². The summed E-state index contributed by atoms with van der Waals surface area (Å²) in [6, 6.07) is 12.9. The van der Waals surface area contributed by atoms with Gasteiger partial charge >= 0.3 is 6.03 Å². The summed E-state index contributed by atoms with van der Waals surface area (Å²) in [6.45, 7) is 2.53. The Morgan fingerprint density at radius 1 is 1.22 bits per heavy atom. The van der Waals surface area contributed by atoms with Gasteiger partial charge in [-0.1, -0.05) is 15.9 Å². The van der Waals surface area contributed by atoms with Crippen molar-refractivity contribution in [3.63, 3.8) is 0 Å². The average molecular weight is 425 g/mol. The normalized spacial score (nSPS) is 12.6. The van der Waals surface area contributed by atoms with Gasteiger partial charge in [-0.05, 0) is 55.3 Å². The van der Waals surface area contributed by atoms with Crippen molar-refractivity contribution in [2.45, 2.75) is 13.3 Å². The molecule has 0 aliphatic carbocycles. The van der Waals surface area contributed by atoms with Gasteiger partial charge in [0.1, 0.15) is 0 Å². The molecule has 0 radical (unpaired) electrons. The first-order valence-corrected chi connectivity index (χ1v) is 9.32. The molecular formula is C20H17BrN4O2. The largest absolute Gasteiger partial charge is 0.437 e. The van der Waals surface area contributed by atoms with Gasteiger partial charge in [0.05, 0.1) is 17.6 Å². The fourth-order valence-corrected chi connectivity index (χ4v) is 3.39. The zero-order chi connectivity index (χ0) is 18.8. The molecule has 3 aromatic rings. The maximum atomic E-state index is 12.6. The number of anilines is 2. The van der Waals surface area contributed by atoms with Crippen LogP contribution < -0.4 is 15.0 Å². The van der Waals surface area contributed by atoms with Crippen molar-refractivity contribution in [1.82, 2.24) is 9.97 Å². The number of halogens is 1. The smallest absolute Gasteiger partial charge is 0.326 e. The molecule has 1 aliphatic heterocycles. The molecule has 3 heterocycles. The quantitative estimate of drug-likeness (QED) is 0.646. The number of nitrogens with one attached hydrogen (secondary N) is 1. The Morgan fingerprint density at radius 2 is 2.11 bits per heavy atom. The Balaban J connectivity index is 1.43. The minimum absolute atomic E-state index is 0.172. The lowest BCUT2D eigenvalue weighted by Gasteiger charge is -2.18. The molecule has 0 atom stereocenters. The number of hydrogen-bond donors (Lipinski definition) is 1. The van der Waals surface area contributed by atoms with Gasteiger partial charge in [0.15, 0.2) is 5.75 Å². The van der Waals surface area contributed by atoms with E-state index in [1.807, 2.05) is 31.2 Å². The minimum Gasteiger partial charge on any atom is -0.437 e. The molecule has 0 saturated heterocycles. The topological polar surface area (TPSA) is 67.3 Å². The Labute approximate surface area is 165 Å². The van der Waals surface area contributed by atoms with Crippen LogP contribution in [0.4, 0.5) is 16.2 Å². The standard InChI is InChI=1S/C20H17BrN4O2/c1-13-18(3-2-9-22-13)27-19-7-5-16(12-23-19)24-20(26)25-10-8-14-11-15(21)4-6-17(14)25/h2-7,9,11-12H,8,10H2,1H3,(H,24,26). The summed E-state index contributed by atoms with van der Waals surface area (Å²) in [6.07, 6.45) is 4.14. The van der Waals surface area contributed by atoms with Crippen molar-refractivity contribution >= 4 is 33.3 Å². The number of fused-ring (bicyclic) bond motifs is 1. The van der Waals surface area contributed by atoms with E-state index in [0.29, 0.717) is 23.9 Å². The highest BCUT2D eigenvalue weighted by molar-refractivity contribution is 9.10. The molecule has 1 N–H and O–H groups in total. The Kier molecular flexibility index (Phi) is 4.77. The first-order valence-electron chi connectivity index (χ1n) is 8.52. The molecular weight excluding hydrogens is 408 g/mol. The van der Waals surface area contributed by atoms with Gasteiger partial charge in [-0.25, -0.2) is 9.78 Å². The highest BCUT2D eigenvalue weighted by Crippen LogP contribution is 2.31. The van der Waals surface area contributed by atoms with Crippen molar-refractivity contribution in [2.75, 3.05) is 16.8 Å². The average Bonchev–Trinajstić information content (AvgIpc) is 3.08. The van der Waals surface area contributed by atoms with Gasteiger partial charge in [-0.2, -0.15) is 0 Å². The number of carbonyl (C=O) groups excluding carboxylic acids is 1. The molecule has 27 heavy (non-hydrogen) atoms. The SMILES string of the molecule is Cc1ncccc1Oc1ccc(NC(=O)N2CCc3cc(Br)ccc32)cn1. The number of benzene rings is 1. The number of hydrogen-bond acceptors (Lipinski definition) is 4. The molecule has 0 saturated carbocycles. The third-order valence-electron chi connectivity index (χ3n) is 4.34. The number of aryl methyl sites for hydroxylation is 1. The Hall–Kier alpha value is -2.93. The van der Waals surface area contributed by atoms with Crippen molar-refractivity contribution in [2.24, 2.45) is 0 Å². The van der Waals surface area contributed by atoms with Gasteiger partial charge in [0.2, 0.25) is 5.88 Å². The molecule has 136 valence electrons. The molecule has 1 aliphatic rings. The molecule has 0 spiro atoms. The van der Waals surface area contributed by atoms with Crippen LogP contribution in [-0.4, -0.2) is 22.5 Å². The summed E-state index contributed by atoms with van der Waals surface area (Å²) in [7, 11) is 0. The number of carbonyl (C=O) groups is 1. The second-order valence-corrected chi connectivity index (χ2v) is 7.09. The van der Waals surface area contributed by atoms with Crippen LogP contribution in [0.15, 0.2) is 59.3 Å². The molecule has 7 heteroatoms. The van der Waals surface area contributed by atoms with Crippen LogP contribution in [0.25, 0.3) is 0 Å². The Bertz CT molecular complexity index is 992. The van der Waals surface area contributed by atoms with Gasteiger partial charge in [0, 0.05) is 29.0 Å². The van der Waals surface area contributed by atoms with Crippen LogP contribution in [0.1, 0.15) is 11.3 Å². The molecule has 0 bridgehead atoms. The van der Waals surface area contributed by atoms with Crippen LogP contribution in [0.5, 0.6) is 11.6 Å². The Morgan fingerprint density at radius 3 is 2.89 bits per heavy atom. The summed E-state index contributed by atoms with van der Waals surface area (Å²) in [4.78, 5) is 22.8. The van der Waals surface area contributed by atoms with E-state index in [9.17, 15) is 4.79 Å². The van der Waals surface area contributed by atoms with Gasteiger partial charge in [-0.15, -0.1) is 0 Å². The molecule has 6 nitrogen and oxygen atoms in total. The van der Waals surface area contributed by atoms with E-state index in [1.165, 1.54) is 0 Å². The van der Waals surface area contributed by atoms with E-state index < -0.39 is 0 Å². The maximum absolute atomic E-state index is 12.6. The molecule has 1 aromatic carbocycles. The number of amides is 2. The third-order valence-corrected chi connectivity index (χ3v) is 4.84. The molecule has 4 rings (SSSR count). The lowest BCUT2D eigenvalue weighted by molar-refractivity contribution is 0.257. The van der Waals surface area contributed by atoms with Crippen LogP contribution >= 0.6 is 15.9 Å². The predicted octanol–water partition coefficient (Wildman–Crippen LogP) is 4.93. The van der Waals surface area contributed by atoms with E-state index in [0.717, 1.165) is 27.8 Å². The third kappa shape index (κ3) is 3.78. The van der Waals surface area contributed by atoms with Gasteiger partial charge < -0.3 is 10.1 Å². The maximum Gasteiger partial charge on any atom is 0.326 e. The number of rotatable bonds is 3. The van der Waals surface area contributed by atoms with Crippen molar-refractivity contribution in [1.29, 1.82) is 0 Å². The van der Waals surface area contributed by atoms with Gasteiger partial charge in [-0.3, -0.25) is 9.88 Å². The number of aromatic nitrogens is 2. The zero-order valence-electron chi connectivity index (χ0n) is 14.6. The number of ether oxygens (including phenoxy) is 1. The first kappa shape index (κ1) is 17.5. The van der Waals surface area contributed by atoms with E-state index >= 15 is 0 Å². The fraction of sp³-hybridized carbons (Fsp3) is 0.150. The number of pyridine rings is 2. The summed E-state index contributed by atoms with van der Waals surface area (Å²) < 4.78 is 6.75.